The van der Waals surface area contributed by atoms with Gasteiger partial charge in [-0.1, -0.05) is 26.2 Å². The normalized spacial score (nSPS) is 24.6. The standard InChI is InChI=1S/C8H15IO/c1-2-8(10-9)6-4-3-5-7-8/h2-7H2,1H3. The van der Waals surface area contributed by atoms with Crippen LogP contribution in [-0.4, -0.2) is 5.60 Å². The number of rotatable bonds is 2. The van der Waals surface area contributed by atoms with Crippen LogP contribution in [0.2, 0.25) is 0 Å². The molecule has 1 rings (SSSR count). The SMILES string of the molecule is CCC1(OI)CCCCC1. The van der Waals surface area contributed by atoms with Crippen molar-refractivity contribution in [3.8, 4) is 0 Å². The summed E-state index contributed by atoms with van der Waals surface area (Å²) in [6.07, 6.45) is 7.84. The van der Waals surface area contributed by atoms with Crippen LogP contribution in [0.15, 0.2) is 0 Å². The van der Waals surface area contributed by atoms with E-state index in [1.165, 1.54) is 38.5 Å². The van der Waals surface area contributed by atoms with Crippen molar-refractivity contribution in [2.75, 3.05) is 0 Å². The Balaban J connectivity index is 2.44. The summed E-state index contributed by atoms with van der Waals surface area (Å²) >= 11 is 2.06. The van der Waals surface area contributed by atoms with E-state index in [4.69, 9.17) is 3.07 Å². The topological polar surface area (TPSA) is 9.23 Å². The van der Waals surface area contributed by atoms with Gasteiger partial charge in [-0.15, -0.1) is 0 Å². The van der Waals surface area contributed by atoms with Gasteiger partial charge in [0.25, 0.3) is 0 Å². The first kappa shape index (κ1) is 8.78. The van der Waals surface area contributed by atoms with Crippen molar-refractivity contribution in [3.63, 3.8) is 0 Å². The molecule has 1 aliphatic carbocycles. The maximum atomic E-state index is 5.50. The highest BCUT2D eigenvalue weighted by atomic mass is 127. The molecule has 0 aromatic heterocycles. The van der Waals surface area contributed by atoms with Crippen LogP contribution >= 0.6 is 23.0 Å². The van der Waals surface area contributed by atoms with Gasteiger partial charge in [-0.05, 0) is 19.3 Å². The molecule has 0 aromatic carbocycles. The van der Waals surface area contributed by atoms with Crippen molar-refractivity contribution in [1.82, 2.24) is 0 Å². The highest BCUT2D eigenvalue weighted by Crippen LogP contribution is 2.35. The van der Waals surface area contributed by atoms with Gasteiger partial charge < -0.3 is 3.07 Å². The molecular weight excluding hydrogens is 239 g/mol. The number of halogens is 1. The second-order valence-electron chi connectivity index (χ2n) is 3.17. The fourth-order valence-corrected chi connectivity index (χ4v) is 2.43. The number of hydrogen-bond acceptors (Lipinski definition) is 1. The van der Waals surface area contributed by atoms with Crippen molar-refractivity contribution >= 4 is 23.0 Å². The summed E-state index contributed by atoms with van der Waals surface area (Å²) in [7, 11) is 0. The molecule has 0 bridgehead atoms. The molecule has 60 valence electrons. The van der Waals surface area contributed by atoms with Gasteiger partial charge in [0, 0.05) is 0 Å². The molecule has 0 aromatic rings. The van der Waals surface area contributed by atoms with Crippen LogP contribution in [0.3, 0.4) is 0 Å². The van der Waals surface area contributed by atoms with Gasteiger partial charge in [-0.2, -0.15) is 0 Å². The lowest BCUT2D eigenvalue weighted by molar-refractivity contribution is 0.0722. The summed E-state index contributed by atoms with van der Waals surface area (Å²) < 4.78 is 5.50. The molecule has 0 N–H and O–H groups in total. The average Bonchev–Trinajstić information content (AvgIpc) is 2.06. The van der Waals surface area contributed by atoms with Crippen molar-refractivity contribution in [2.45, 2.75) is 51.0 Å². The van der Waals surface area contributed by atoms with Crippen LogP contribution < -0.4 is 0 Å². The predicted molar refractivity (Wildman–Crippen MR) is 51.2 cm³/mol. The molecule has 0 spiro atoms. The van der Waals surface area contributed by atoms with E-state index in [0.717, 1.165) is 0 Å². The van der Waals surface area contributed by atoms with Crippen molar-refractivity contribution in [2.24, 2.45) is 0 Å². The average molecular weight is 254 g/mol. The Hall–Kier alpha value is 0.690. The van der Waals surface area contributed by atoms with Crippen LogP contribution in [0.1, 0.15) is 45.4 Å². The van der Waals surface area contributed by atoms with E-state index in [1.54, 1.807) is 0 Å². The van der Waals surface area contributed by atoms with Crippen molar-refractivity contribution < 1.29 is 3.07 Å². The minimum atomic E-state index is 0.249. The Morgan fingerprint density at radius 3 is 2.20 bits per heavy atom. The highest BCUT2D eigenvalue weighted by molar-refractivity contribution is 14.1. The fourth-order valence-electron chi connectivity index (χ4n) is 1.68. The molecule has 1 nitrogen and oxygen atoms in total. The van der Waals surface area contributed by atoms with E-state index in [1.807, 2.05) is 0 Å². The summed E-state index contributed by atoms with van der Waals surface area (Å²) in [5, 5.41) is 0. The third kappa shape index (κ3) is 1.84. The maximum absolute atomic E-state index is 5.50. The molecule has 0 amide bonds. The Labute approximate surface area is 77.2 Å². The molecule has 2 heteroatoms. The zero-order valence-electron chi connectivity index (χ0n) is 6.53. The van der Waals surface area contributed by atoms with Crippen molar-refractivity contribution in [3.05, 3.63) is 0 Å². The van der Waals surface area contributed by atoms with Gasteiger partial charge >= 0.3 is 0 Å². The second kappa shape index (κ2) is 3.90. The van der Waals surface area contributed by atoms with Gasteiger partial charge in [0.05, 0.1) is 5.60 Å². The van der Waals surface area contributed by atoms with Gasteiger partial charge in [-0.3, -0.25) is 0 Å². The molecule has 0 heterocycles. The van der Waals surface area contributed by atoms with Crippen LogP contribution in [0.25, 0.3) is 0 Å². The minimum absolute atomic E-state index is 0.249. The Morgan fingerprint density at radius 1 is 1.30 bits per heavy atom. The molecule has 0 atom stereocenters. The second-order valence-corrected chi connectivity index (χ2v) is 3.61. The molecule has 1 aliphatic rings. The summed E-state index contributed by atoms with van der Waals surface area (Å²) in [6, 6.07) is 0. The van der Waals surface area contributed by atoms with Gasteiger partial charge in [0.15, 0.2) is 0 Å². The van der Waals surface area contributed by atoms with E-state index in [2.05, 4.69) is 29.9 Å². The monoisotopic (exact) mass is 254 g/mol. The minimum Gasteiger partial charge on any atom is -0.309 e. The molecule has 10 heavy (non-hydrogen) atoms. The fraction of sp³-hybridized carbons (Fsp3) is 1.00. The summed E-state index contributed by atoms with van der Waals surface area (Å²) in [6.45, 7) is 2.23. The van der Waals surface area contributed by atoms with Crippen LogP contribution in [0.4, 0.5) is 0 Å². The largest absolute Gasteiger partial charge is 0.309 e. The summed E-state index contributed by atoms with van der Waals surface area (Å²) in [5.74, 6) is 0. The van der Waals surface area contributed by atoms with E-state index < -0.39 is 0 Å². The van der Waals surface area contributed by atoms with Gasteiger partial charge in [0.2, 0.25) is 0 Å². The zero-order chi connectivity index (χ0) is 7.45. The van der Waals surface area contributed by atoms with E-state index in [0.29, 0.717) is 0 Å². The van der Waals surface area contributed by atoms with Crippen molar-refractivity contribution in [1.29, 1.82) is 0 Å². The number of hydrogen-bond donors (Lipinski definition) is 0. The first-order valence-corrected chi connectivity index (χ1v) is 5.01. The van der Waals surface area contributed by atoms with E-state index in [-0.39, 0.29) is 5.60 Å². The van der Waals surface area contributed by atoms with Crippen LogP contribution in [-0.2, 0) is 3.07 Å². The summed E-state index contributed by atoms with van der Waals surface area (Å²) in [4.78, 5) is 0. The molecule has 0 radical (unpaired) electrons. The lowest BCUT2D eigenvalue weighted by Gasteiger charge is -2.33. The zero-order valence-corrected chi connectivity index (χ0v) is 8.69. The van der Waals surface area contributed by atoms with Crippen LogP contribution in [0.5, 0.6) is 0 Å². The first-order chi connectivity index (χ1) is 4.83. The van der Waals surface area contributed by atoms with E-state index >= 15 is 0 Å². The smallest absolute Gasteiger partial charge is 0.110 e. The lowest BCUT2D eigenvalue weighted by atomic mass is 9.83. The molecule has 1 saturated carbocycles. The van der Waals surface area contributed by atoms with Gasteiger partial charge in [0.1, 0.15) is 23.0 Å². The van der Waals surface area contributed by atoms with E-state index in [9.17, 15) is 0 Å². The molecule has 0 aliphatic heterocycles. The Morgan fingerprint density at radius 2 is 1.90 bits per heavy atom. The molecule has 0 saturated heterocycles. The summed E-state index contributed by atoms with van der Waals surface area (Å²) in [5.41, 5.74) is 0.249. The molecular formula is C8H15IO. The predicted octanol–water partition coefficient (Wildman–Crippen LogP) is 3.47. The van der Waals surface area contributed by atoms with Gasteiger partial charge in [-0.25, -0.2) is 0 Å². The molecule has 0 unspecified atom stereocenters. The highest BCUT2D eigenvalue weighted by Gasteiger charge is 2.30. The maximum Gasteiger partial charge on any atom is 0.110 e. The Kier molecular flexibility index (Phi) is 3.43. The third-order valence-electron chi connectivity index (χ3n) is 2.57. The first-order valence-electron chi connectivity index (χ1n) is 4.13. The van der Waals surface area contributed by atoms with Crippen LogP contribution in [0, 0.1) is 0 Å². The molecule has 1 fully saturated rings. The lowest BCUT2D eigenvalue weighted by Crippen LogP contribution is -2.30. The third-order valence-corrected chi connectivity index (χ3v) is 3.51. The quantitative estimate of drug-likeness (QED) is 0.685. The Bertz CT molecular complexity index is 91.4.